The van der Waals surface area contributed by atoms with Gasteiger partial charge in [-0.3, -0.25) is 9.59 Å². The molecule has 0 atom stereocenters. The van der Waals surface area contributed by atoms with Gasteiger partial charge in [0.1, 0.15) is 11.5 Å². The molecule has 28 heavy (non-hydrogen) atoms. The van der Waals surface area contributed by atoms with Crippen LogP contribution in [0.15, 0.2) is 54.6 Å². The second-order valence-electron chi connectivity index (χ2n) is 6.28. The van der Waals surface area contributed by atoms with Gasteiger partial charge in [-0.15, -0.1) is 0 Å². The zero-order chi connectivity index (χ0) is 19.8. The van der Waals surface area contributed by atoms with Crippen LogP contribution in [0.2, 0.25) is 0 Å². The van der Waals surface area contributed by atoms with E-state index in [-0.39, 0.29) is 18.3 Å². The van der Waals surface area contributed by atoms with Gasteiger partial charge >= 0.3 is 0 Å². The third kappa shape index (κ3) is 5.63. The lowest BCUT2D eigenvalue weighted by molar-refractivity contribution is -0.133. The fourth-order valence-corrected chi connectivity index (χ4v) is 3.65. The third-order valence-electron chi connectivity index (χ3n) is 4.41. The lowest BCUT2D eigenvalue weighted by atomic mass is 10.1. The lowest BCUT2D eigenvalue weighted by Gasteiger charge is -2.26. The highest BCUT2D eigenvalue weighted by Crippen LogP contribution is 2.16. The fourth-order valence-electron chi connectivity index (χ4n) is 2.75. The number of rotatable bonds is 7. The summed E-state index contributed by atoms with van der Waals surface area (Å²) >= 11 is 1.86. The van der Waals surface area contributed by atoms with E-state index in [1.54, 1.807) is 37.5 Å². The van der Waals surface area contributed by atoms with Gasteiger partial charge in [0.15, 0.2) is 12.4 Å². The second-order valence-corrected chi connectivity index (χ2v) is 7.50. The summed E-state index contributed by atoms with van der Waals surface area (Å²) < 4.78 is 10.7. The molecule has 2 aromatic carbocycles. The molecule has 1 fully saturated rings. The van der Waals surface area contributed by atoms with Gasteiger partial charge in [-0.25, -0.2) is 0 Å². The molecule has 0 saturated carbocycles. The van der Waals surface area contributed by atoms with Crippen LogP contribution in [-0.2, 0) is 4.79 Å². The summed E-state index contributed by atoms with van der Waals surface area (Å²) in [7, 11) is 1.62. The Bertz CT molecular complexity index is 825. The molecule has 146 valence electrons. The van der Waals surface area contributed by atoms with Crippen molar-refractivity contribution in [1.29, 1.82) is 0 Å². The van der Waals surface area contributed by atoms with E-state index in [2.05, 4.69) is 0 Å². The third-order valence-corrected chi connectivity index (χ3v) is 5.35. The lowest BCUT2D eigenvalue weighted by Crippen LogP contribution is -2.40. The molecule has 3 rings (SSSR count). The van der Waals surface area contributed by atoms with Crippen molar-refractivity contribution in [1.82, 2.24) is 4.90 Å². The molecule has 1 amide bonds. The molecule has 1 saturated heterocycles. The predicted molar refractivity (Wildman–Crippen MR) is 112 cm³/mol. The van der Waals surface area contributed by atoms with Crippen LogP contribution in [0.5, 0.6) is 11.5 Å². The first-order valence-corrected chi connectivity index (χ1v) is 10.3. The summed E-state index contributed by atoms with van der Waals surface area (Å²) in [6, 6.07) is 14.3. The molecule has 1 heterocycles. The van der Waals surface area contributed by atoms with Crippen molar-refractivity contribution in [2.75, 3.05) is 38.3 Å². The molecule has 0 aliphatic carbocycles. The Morgan fingerprint density at radius 2 is 1.64 bits per heavy atom. The van der Waals surface area contributed by atoms with Gasteiger partial charge in [0, 0.05) is 30.2 Å². The number of thioether (sulfide) groups is 1. The Labute approximate surface area is 169 Å². The first-order chi connectivity index (χ1) is 13.7. The number of amides is 1. The number of hydrogen-bond donors (Lipinski definition) is 0. The molecule has 0 N–H and O–H groups in total. The van der Waals surface area contributed by atoms with Crippen molar-refractivity contribution in [2.45, 2.75) is 0 Å². The van der Waals surface area contributed by atoms with Crippen LogP contribution in [0.25, 0.3) is 6.08 Å². The normalized spacial score (nSPS) is 14.1. The van der Waals surface area contributed by atoms with E-state index in [0.29, 0.717) is 11.3 Å². The largest absolute Gasteiger partial charge is 0.497 e. The number of ketones is 1. The average molecular weight is 397 g/mol. The summed E-state index contributed by atoms with van der Waals surface area (Å²) in [5.74, 6) is 3.22. The summed E-state index contributed by atoms with van der Waals surface area (Å²) in [4.78, 5) is 26.3. The Balaban J connectivity index is 1.51. The number of hydrogen-bond acceptors (Lipinski definition) is 5. The van der Waals surface area contributed by atoms with Crippen LogP contribution in [0, 0.1) is 0 Å². The fraction of sp³-hybridized carbons (Fsp3) is 0.273. The minimum Gasteiger partial charge on any atom is -0.497 e. The van der Waals surface area contributed by atoms with E-state index < -0.39 is 0 Å². The van der Waals surface area contributed by atoms with Gasteiger partial charge in [0.05, 0.1) is 7.11 Å². The minimum absolute atomic E-state index is 0.00266. The summed E-state index contributed by atoms with van der Waals surface area (Å²) in [5, 5.41) is 0. The van der Waals surface area contributed by atoms with Crippen LogP contribution in [0.3, 0.4) is 0 Å². The molecule has 5 nitrogen and oxygen atoms in total. The molecule has 0 aromatic heterocycles. The molecular weight excluding hydrogens is 374 g/mol. The number of methoxy groups -OCH3 is 1. The quantitative estimate of drug-likeness (QED) is 0.528. The standard InChI is InChI=1S/C22H23NO4S/c1-26-19-7-2-17(3-8-19)4-11-21(24)18-5-9-20(10-6-18)27-16-22(25)23-12-14-28-15-13-23/h2-11H,12-16H2,1H3/b11-4+. The first-order valence-electron chi connectivity index (χ1n) is 9.10. The van der Waals surface area contributed by atoms with Crippen molar-refractivity contribution in [3.8, 4) is 11.5 Å². The molecular formula is C22H23NO4S. The topological polar surface area (TPSA) is 55.8 Å². The number of nitrogens with zero attached hydrogens (tertiary/aromatic N) is 1. The van der Waals surface area contributed by atoms with Gasteiger partial charge in [0.2, 0.25) is 0 Å². The Morgan fingerprint density at radius 1 is 1.00 bits per heavy atom. The zero-order valence-electron chi connectivity index (χ0n) is 15.8. The van der Waals surface area contributed by atoms with Gasteiger partial charge in [-0.1, -0.05) is 18.2 Å². The van der Waals surface area contributed by atoms with E-state index in [1.165, 1.54) is 6.08 Å². The highest BCUT2D eigenvalue weighted by Gasteiger charge is 2.17. The van der Waals surface area contributed by atoms with Gasteiger partial charge in [-0.05, 0) is 48.0 Å². The van der Waals surface area contributed by atoms with E-state index in [9.17, 15) is 9.59 Å². The van der Waals surface area contributed by atoms with Crippen molar-refractivity contribution in [3.63, 3.8) is 0 Å². The van der Waals surface area contributed by atoms with Crippen molar-refractivity contribution in [2.24, 2.45) is 0 Å². The van der Waals surface area contributed by atoms with Gasteiger partial charge in [-0.2, -0.15) is 11.8 Å². The smallest absolute Gasteiger partial charge is 0.260 e. The van der Waals surface area contributed by atoms with E-state index in [4.69, 9.17) is 9.47 Å². The molecule has 0 radical (unpaired) electrons. The second kappa shape index (κ2) is 9.99. The molecule has 0 spiro atoms. The molecule has 0 bridgehead atoms. The predicted octanol–water partition coefficient (Wildman–Crippen LogP) is 3.55. The molecule has 0 unspecified atom stereocenters. The molecule has 1 aliphatic heterocycles. The maximum Gasteiger partial charge on any atom is 0.260 e. The van der Waals surface area contributed by atoms with Crippen LogP contribution in [-0.4, -0.2) is 54.9 Å². The summed E-state index contributed by atoms with van der Waals surface area (Å²) in [6.07, 6.45) is 3.30. The van der Waals surface area contributed by atoms with Gasteiger partial charge in [0.25, 0.3) is 5.91 Å². The van der Waals surface area contributed by atoms with Crippen molar-refractivity contribution < 1.29 is 19.1 Å². The Morgan fingerprint density at radius 3 is 2.29 bits per heavy atom. The molecule has 2 aromatic rings. The number of carbonyl (C=O) groups is 2. The maximum atomic E-state index is 12.3. The molecule has 6 heteroatoms. The zero-order valence-corrected chi connectivity index (χ0v) is 16.6. The van der Waals surface area contributed by atoms with Gasteiger partial charge < -0.3 is 14.4 Å². The van der Waals surface area contributed by atoms with Crippen LogP contribution in [0.1, 0.15) is 15.9 Å². The van der Waals surface area contributed by atoms with Crippen LogP contribution < -0.4 is 9.47 Å². The summed E-state index contributed by atoms with van der Waals surface area (Å²) in [6.45, 7) is 1.58. The maximum absolute atomic E-state index is 12.3. The minimum atomic E-state index is -0.0933. The Hall–Kier alpha value is -2.73. The summed E-state index contributed by atoms with van der Waals surface area (Å²) in [5.41, 5.74) is 1.49. The highest BCUT2D eigenvalue weighted by molar-refractivity contribution is 7.99. The SMILES string of the molecule is COc1ccc(/C=C/C(=O)c2ccc(OCC(=O)N3CCSCC3)cc2)cc1. The van der Waals surface area contributed by atoms with Crippen LogP contribution >= 0.6 is 11.8 Å². The first kappa shape index (κ1) is 20.0. The van der Waals surface area contributed by atoms with E-state index in [1.807, 2.05) is 40.9 Å². The number of ether oxygens (including phenoxy) is 2. The van der Waals surface area contributed by atoms with Crippen LogP contribution in [0.4, 0.5) is 0 Å². The van der Waals surface area contributed by atoms with Crippen molar-refractivity contribution in [3.05, 3.63) is 65.7 Å². The Kier molecular flexibility index (Phi) is 7.14. The van der Waals surface area contributed by atoms with Crippen molar-refractivity contribution >= 4 is 29.5 Å². The molecule has 1 aliphatic rings. The average Bonchev–Trinajstić information content (AvgIpc) is 2.77. The van der Waals surface area contributed by atoms with E-state index >= 15 is 0 Å². The number of benzene rings is 2. The highest BCUT2D eigenvalue weighted by atomic mass is 32.2. The monoisotopic (exact) mass is 397 g/mol. The number of carbonyl (C=O) groups excluding carboxylic acids is 2. The van der Waals surface area contributed by atoms with E-state index in [0.717, 1.165) is 35.9 Å². The number of allylic oxidation sites excluding steroid dienone is 1.